The van der Waals surface area contributed by atoms with Gasteiger partial charge in [0.15, 0.2) is 16.8 Å². The first-order chi connectivity index (χ1) is 8.69. The van der Waals surface area contributed by atoms with Gasteiger partial charge in [0.05, 0.1) is 13.3 Å². The summed E-state index contributed by atoms with van der Waals surface area (Å²) in [4.78, 5) is 7.25. The molecule has 18 heavy (non-hydrogen) atoms. The predicted octanol–water partition coefficient (Wildman–Crippen LogP) is 2.48. The van der Waals surface area contributed by atoms with Crippen molar-refractivity contribution in [1.82, 2.24) is 20.2 Å². The Kier molecular flexibility index (Phi) is 3.68. The second-order valence-electron chi connectivity index (χ2n) is 2.94. The molecule has 0 bridgehead atoms. The van der Waals surface area contributed by atoms with E-state index in [1.165, 1.54) is 19.2 Å². The highest BCUT2D eigenvalue weighted by molar-refractivity contribution is 6.29. The molecule has 0 saturated heterocycles. The zero-order valence-electron chi connectivity index (χ0n) is 9.08. The highest BCUT2D eigenvalue weighted by Crippen LogP contribution is 2.19. The number of azo groups is 1. The summed E-state index contributed by atoms with van der Waals surface area (Å²) in [6, 6.07) is 2.96. The van der Waals surface area contributed by atoms with Crippen molar-refractivity contribution in [1.29, 1.82) is 0 Å². The van der Waals surface area contributed by atoms with Crippen molar-refractivity contribution in [2.24, 2.45) is 10.2 Å². The fourth-order valence-electron chi connectivity index (χ4n) is 0.972. The Bertz CT molecular complexity index is 576. The maximum Gasteiger partial charge on any atom is 0.318 e. The predicted molar refractivity (Wildman–Crippen MR) is 59.8 cm³/mol. The Hall–Kier alpha value is -2.22. The molecule has 7 nitrogen and oxygen atoms in total. The number of methoxy groups -OCH3 is 1. The van der Waals surface area contributed by atoms with Crippen LogP contribution in [0.15, 0.2) is 28.6 Å². The van der Waals surface area contributed by atoms with Gasteiger partial charge in [-0.2, -0.15) is 4.98 Å². The van der Waals surface area contributed by atoms with Crippen molar-refractivity contribution < 1.29 is 9.13 Å². The quantitative estimate of drug-likeness (QED) is 0.798. The van der Waals surface area contributed by atoms with Crippen LogP contribution in [0.1, 0.15) is 0 Å². The fourth-order valence-corrected chi connectivity index (χ4v) is 1.07. The lowest BCUT2D eigenvalue weighted by atomic mass is 10.5. The second-order valence-corrected chi connectivity index (χ2v) is 3.33. The highest BCUT2D eigenvalue weighted by Gasteiger charge is 2.06. The molecule has 0 radical (unpaired) electrons. The van der Waals surface area contributed by atoms with Crippen LogP contribution in [0.25, 0.3) is 0 Å². The van der Waals surface area contributed by atoms with Crippen LogP contribution in [0.2, 0.25) is 5.15 Å². The number of hydrogen-bond acceptors (Lipinski definition) is 7. The number of aromatic nitrogens is 4. The summed E-state index contributed by atoms with van der Waals surface area (Å²) in [5.41, 5.74) is 0. The van der Waals surface area contributed by atoms with E-state index >= 15 is 0 Å². The Morgan fingerprint density at radius 1 is 1.28 bits per heavy atom. The van der Waals surface area contributed by atoms with E-state index in [4.69, 9.17) is 16.3 Å². The van der Waals surface area contributed by atoms with Gasteiger partial charge in [-0.3, -0.25) is 0 Å². The van der Waals surface area contributed by atoms with Crippen molar-refractivity contribution in [3.8, 4) is 6.01 Å². The first kappa shape index (κ1) is 12.2. The average molecular weight is 269 g/mol. The smallest absolute Gasteiger partial charge is 0.318 e. The van der Waals surface area contributed by atoms with Crippen LogP contribution >= 0.6 is 11.6 Å². The van der Waals surface area contributed by atoms with Crippen molar-refractivity contribution in [2.75, 3.05) is 7.11 Å². The Labute approximate surface area is 106 Å². The molecule has 0 saturated carbocycles. The van der Waals surface area contributed by atoms with Crippen molar-refractivity contribution in [3.63, 3.8) is 0 Å². The molecule has 2 aromatic heterocycles. The monoisotopic (exact) mass is 268 g/mol. The van der Waals surface area contributed by atoms with Crippen molar-refractivity contribution >= 4 is 23.2 Å². The minimum Gasteiger partial charge on any atom is -0.467 e. The summed E-state index contributed by atoms with van der Waals surface area (Å²) < 4.78 is 18.0. The maximum absolute atomic E-state index is 13.3. The summed E-state index contributed by atoms with van der Waals surface area (Å²) in [7, 11) is 1.36. The largest absolute Gasteiger partial charge is 0.467 e. The van der Waals surface area contributed by atoms with E-state index in [9.17, 15) is 4.39 Å². The van der Waals surface area contributed by atoms with Gasteiger partial charge in [0.25, 0.3) is 0 Å². The molecular weight excluding hydrogens is 263 g/mol. The number of nitrogens with zero attached hydrogens (tertiary/aromatic N) is 6. The van der Waals surface area contributed by atoms with E-state index < -0.39 is 5.82 Å². The maximum atomic E-state index is 13.3. The average Bonchev–Trinajstić information content (AvgIpc) is 2.40. The number of rotatable bonds is 3. The van der Waals surface area contributed by atoms with Gasteiger partial charge >= 0.3 is 6.01 Å². The van der Waals surface area contributed by atoms with Gasteiger partial charge in [-0.25, -0.2) is 9.37 Å². The third-order valence-corrected chi connectivity index (χ3v) is 1.95. The molecule has 0 aliphatic rings. The van der Waals surface area contributed by atoms with Gasteiger partial charge in [-0.15, -0.1) is 20.4 Å². The highest BCUT2D eigenvalue weighted by atomic mass is 35.5. The molecule has 0 N–H and O–H groups in total. The second kappa shape index (κ2) is 5.41. The molecular formula is C9H6ClFN6O. The number of ether oxygens (including phenoxy) is 1. The molecule has 2 aromatic rings. The van der Waals surface area contributed by atoms with E-state index in [0.717, 1.165) is 6.20 Å². The number of halogens is 2. The first-order valence-corrected chi connectivity index (χ1v) is 5.04. The topological polar surface area (TPSA) is 85.5 Å². The molecule has 9 heteroatoms. The lowest BCUT2D eigenvalue weighted by Crippen LogP contribution is -1.92. The van der Waals surface area contributed by atoms with E-state index in [-0.39, 0.29) is 22.8 Å². The Morgan fingerprint density at radius 3 is 2.78 bits per heavy atom. The lowest BCUT2D eigenvalue weighted by molar-refractivity contribution is 0.377. The molecule has 0 amide bonds. The SMILES string of the molecule is COc1ncc(F)c(N=Nc2ccc(Cl)nn2)n1. The van der Waals surface area contributed by atoms with Gasteiger partial charge in [0, 0.05) is 0 Å². The summed E-state index contributed by atoms with van der Waals surface area (Å²) in [5.74, 6) is -0.795. The van der Waals surface area contributed by atoms with Gasteiger partial charge in [0.2, 0.25) is 5.82 Å². The molecule has 0 fully saturated rings. The zero-order chi connectivity index (χ0) is 13.0. The third kappa shape index (κ3) is 2.92. The molecule has 0 spiro atoms. The van der Waals surface area contributed by atoms with Crippen molar-refractivity contribution in [3.05, 3.63) is 29.3 Å². The van der Waals surface area contributed by atoms with Crippen LogP contribution in [-0.4, -0.2) is 27.3 Å². The Morgan fingerprint density at radius 2 is 2.11 bits per heavy atom. The summed E-state index contributed by atoms with van der Waals surface area (Å²) in [5, 5.41) is 14.7. The van der Waals surface area contributed by atoms with Crippen LogP contribution in [0.4, 0.5) is 16.0 Å². The molecule has 2 rings (SSSR count). The summed E-state index contributed by atoms with van der Waals surface area (Å²) >= 11 is 5.55. The first-order valence-electron chi connectivity index (χ1n) is 4.66. The normalized spacial score (nSPS) is 10.8. The van der Waals surface area contributed by atoms with Crippen LogP contribution < -0.4 is 4.74 Å². The molecule has 2 heterocycles. The third-order valence-electron chi connectivity index (χ3n) is 1.75. The van der Waals surface area contributed by atoms with Crippen LogP contribution in [0.5, 0.6) is 6.01 Å². The van der Waals surface area contributed by atoms with Gasteiger partial charge in [0.1, 0.15) is 0 Å². The standard InChI is InChI=1S/C9H6ClFN6O/c1-18-9-12-4-5(11)8(13-9)17-16-7-3-2-6(10)14-15-7/h2-4H,1H3. The Balaban J connectivity index is 2.25. The van der Waals surface area contributed by atoms with Crippen molar-refractivity contribution in [2.45, 2.75) is 0 Å². The van der Waals surface area contributed by atoms with Crippen LogP contribution in [0.3, 0.4) is 0 Å². The van der Waals surface area contributed by atoms with Crippen LogP contribution in [-0.2, 0) is 0 Å². The van der Waals surface area contributed by atoms with Crippen LogP contribution in [0, 0.1) is 5.82 Å². The van der Waals surface area contributed by atoms with E-state index in [2.05, 4.69) is 30.4 Å². The van der Waals surface area contributed by atoms with E-state index in [0.29, 0.717) is 0 Å². The molecule has 0 aliphatic heterocycles. The molecule has 0 aromatic carbocycles. The molecule has 0 unspecified atom stereocenters. The van der Waals surface area contributed by atoms with Gasteiger partial charge in [-0.05, 0) is 12.1 Å². The molecule has 92 valence electrons. The zero-order valence-corrected chi connectivity index (χ0v) is 9.84. The number of hydrogen-bond donors (Lipinski definition) is 0. The minimum absolute atomic E-state index is 0.00691. The lowest BCUT2D eigenvalue weighted by Gasteiger charge is -1.98. The van der Waals surface area contributed by atoms with E-state index in [1.54, 1.807) is 0 Å². The van der Waals surface area contributed by atoms with Gasteiger partial charge in [-0.1, -0.05) is 11.6 Å². The fraction of sp³-hybridized carbons (Fsp3) is 0.111. The summed E-state index contributed by atoms with van der Waals surface area (Å²) in [6.45, 7) is 0. The molecule has 0 atom stereocenters. The summed E-state index contributed by atoms with van der Waals surface area (Å²) in [6.07, 6.45) is 0.938. The van der Waals surface area contributed by atoms with E-state index in [1.807, 2.05) is 0 Å². The molecule has 0 aliphatic carbocycles. The minimum atomic E-state index is -0.721. The van der Waals surface area contributed by atoms with Gasteiger partial charge < -0.3 is 4.74 Å².